The highest BCUT2D eigenvalue weighted by Crippen LogP contribution is 1.84. The Kier molecular flexibility index (Phi) is 4.26. The van der Waals surface area contributed by atoms with E-state index in [-0.39, 0.29) is 12.6 Å². The van der Waals surface area contributed by atoms with Crippen LogP contribution in [0.1, 0.15) is 13.3 Å². The van der Waals surface area contributed by atoms with Crippen molar-refractivity contribution in [3.05, 3.63) is 0 Å². The first kappa shape index (κ1) is 7.43. The second kappa shape index (κ2) is 4.59. The summed E-state index contributed by atoms with van der Waals surface area (Å²) >= 11 is 0. The number of aliphatic hydroxyl groups is 1. The maximum absolute atomic E-state index is 9.71. The van der Waals surface area contributed by atoms with Crippen molar-refractivity contribution in [3.8, 4) is 0 Å². The Morgan fingerprint density at radius 2 is 2.50 bits per heavy atom. The van der Waals surface area contributed by atoms with Crippen LogP contribution in [0.2, 0.25) is 0 Å². The normalized spacial score (nSPS) is 12.8. The Morgan fingerprint density at radius 1 is 1.88 bits per heavy atom. The molecular formula is C5H11NO2. The van der Waals surface area contributed by atoms with Crippen LogP contribution in [0, 0.1) is 0 Å². The largest absolute Gasteiger partial charge is 0.394 e. The molecule has 0 aromatic rings. The van der Waals surface area contributed by atoms with Crippen molar-refractivity contribution < 1.29 is 9.90 Å². The summed E-state index contributed by atoms with van der Waals surface area (Å²) in [5.74, 6) is 0. The van der Waals surface area contributed by atoms with E-state index in [0.29, 0.717) is 6.41 Å². The van der Waals surface area contributed by atoms with Crippen molar-refractivity contribution in [3.63, 3.8) is 0 Å². The lowest BCUT2D eigenvalue weighted by Crippen LogP contribution is -2.30. The molecule has 0 aliphatic rings. The SMILES string of the molecule is CC[C@@H](CO)NC=O. The van der Waals surface area contributed by atoms with Crippen molar-refractivity contribution in [1.82, 2.24) is 5.32 Å². The molecule has 2 N–H and O–H groups in total. The minimum atomic E-state index is -0.0625. The van der Waals surface area contributed by atoms with Crippen molar-refractivity contribution in [2.45, 2.75) is 19.4 Å². The van der Waals surface area contributed by atoms with E-state index in [9.17, 15) is 4.79 Å². The monoisotopic (exact) mass is 117 g/mol. The number of carbonyl (C=O) groups is 1. The Balaban J connectivity index is 3.20. The Labute approximate surface area is 48.7 Å². The predicted octanol–water partition coefficient (Wildman–Crippen LogP) is -0.497. The molecule has 0 radical (unpaired) electrons. The van der Waals surface area contributed by atoms with Crippen molar-refractivity contribution in [1.29, 1.82) is 0 Å². The predicted molar refractivity (Wildman–Crippen MR) is 30.4 cm³/mol. The molecule has 8 heavy (non-hydrogen) atoms. The smallest absolute Gasteiger partial charge is 0.207 e. The molecule has 1 amide bonds. The summed E-state index contributed by atoms with van der Waals surface area (Å²) in [5, 5.41) is 10.9. The van der Waals surface area contributed by atoms with Gasteiger partial charge in [-0.2, -0.15) is 0 Å². The third-order valence-corrected chi connectivity index (χ3v) is 1.02. The molecule has 0 aliphatic carbocycles. The third kappa shape index (κ3) is 2.58. The van der Waals surface area contributed by atoms with Crippen LogP contribution in [0.5, 0.6) is 0 Å². The molecular weight excluding hydrogens is 106 g/mol. The highest BCUT2D eigenvalue weighted by atomic mass is 16.3. The zero-order valence-electron chi connectivity index (χ0n) is 4.92. The van der Waals surface area contributed by atoms with E-state index in [2.05, 4.69) is 5.32 Å². The van der Waals surface area contributed by atoms with Crippen molar-refractivity contribution in [2.75, 3.05) is 6.61 Å². The summed E-state index contributed by atoms with van der Waals surface area (Å²) in [4.78, 5) is 9.71. The first-order valence-corrected chi connectivity index (χ1v) is 2.65. The number of aliphatic hydroxyl groups excluding tert-OH is 1. The highest BCUT2D eigenvalue weighted by Gasteiger charge is 1.98. The first-order valence-electron chi connectivity index (χ1n) is 2.65. The van der Waals surface area contributed by atoms with Gasteiger partial charge >= 0.3 is 0 Å². The summed E-state index contributed by atoms with van der Waals surface area (Å²) in [6, 6.07) is -0.0625. The van der Waals surface area contributed by atoms with Crippen LogP contribution in [0.15, 0.2) is 0 Å². The van der Waals surface area contributed by atoms with E-state index in [1.165, 1.54) is 0 Å². The second-order valence-electron chi connectivity index (χ2n) is 1.57. The number of nitrogens with one attached hydrogen (secondary N) is 1. The molecule has 3 nitrogen and oxygen atoms in total. The molecule has 48 valence electrons. The van der Waals surface area contributed by atoms with Gasteiger partial charge in [-0.25, -0.2) is 0 Å². The number of hydrogen-bond acceptors (Lipinski definition) is 2. The third-order valence-electron chi connectivity index (χ3n) is 1.02. The zero-order valence-corrected chi connectivity index (χ0v) is 4.92. The van der Waals surface area contributed by atoms with E-state index in [4.69, 9.17) is 5.11 Å². The minimum absolute atomic E-state index is 0.0231. The highest BCUT2D eigenvalue weighted by molar-refractivity contribution is 5.46. The molecule has 0 unspecified atom stereocenters. The summed E-state index contributed by atoms with van der Waals surface area (Å²) < 4.78 is 0. The standard InChI is InChI=1S/C5H11NO2/c1-2-5(3-7)6-4-8/h4-5,7H,2-3H2,1H3,(H,6,8)/t5-/m0/s1. The first-order chi connectivity index (χ1) is 3.85. The van der Waals surface area contributed by atoms with Crippen LogP contribution in [0.3, 0.4) is 0 Å². The van der Waals surface area contributed by atoms with Crippen LogP contribution >= 0.6 is 0 Å². The van der Waals surface area contributed by atoms with Gasteiger partial charge in [0.25, 0.3) is 0 Å². The van der Waals surface area contributed by atoms with Crippen LogP contribution in [-0.4, -0.2) is 24.2 Å². The molecule has 0 saturated carbocycles. The molecule has 0 aliphatic heterocycles. The second-order valence-corrected chi connectivity index (χ2v) is 1.57. The van der Waals surface area contributed by atoms with Gasteiger partial charge in [0.2, 0.25) is 6.41 Å². The fourth-order valence-corrected chi connectivity index (χ4v) is 0.396. The summed E-state index contributed by atoms with van der Waals surface area (Å²) in [7, 11) is 0. The van der Waals surface area contributed by atoms with Crippen molar-refractivity contribution >= 4 is 6.41 Å². The number of hydrogen-bond donors (Lipinski definition) is 2. The van der Waals surface area contributed by atoms with Crippen molar-refractivity contribution in [2.24, 2.45) is 0 Å². The molecule has 0 bridgehead atoms. The lowest BCUT2D eigenvalue weighted by Gasteiger charge is -2.07. The number of carbonyl (C=O) groups excluding carboxylic acids is 1. The Bertz CT molecular complexity index is 61.4. The molecule has 0 spiro atoms. The minimum Gasteiger partial charge on any atom is -0.394 e. The zero-order chi connectivity index (χ0) is 6.41. The molecule has 0 rings (SSSR count). The molecule has 3 heteroatoms. The Morgan fingerprint density at radius 3 is 2.62 bits per heavy atom. The van der Waals surface area contributed by atoms with E-state index >= 15 is 0 Å². The van der Waals surface area contributed by atoms with E-state index in [0.717, 1.165) is 6.42 Å². The van der Waals surface area contributed by atoms with Crippen LogP contribution in [0.4, 0.5) is 0 Å². The Hall–Kier alpha value is -0.570. The van der Waals surface area contributed by atoms with Gasteiger partial charge in [-0.1, -0.05) is 6.92 Å². The number of rotatable bonds is 4. The molecule has 0 heterocycles. The van der Waals surface area contributed by atoms with E-state index < -0.39 is 0 Å². The van der Waals surface area contributed by atoms with Crippen LogP contribution in [-0.2, 0) is 4.79 Å². The van der Waals surface area contributed by atoms with Gasteiger partial charge in [-0.15, -0.1) is 0 Å². The summed E-state index contributed by atoms with van der Waals surface area (Å²) in [5.41, 5.74) is 0. The molecule has 1 atom stereocenters. The average Bonchev–Trinajstić information content (AvgIpc) is 1.83. The van der Waals surface area contributed by atoms with E-state index in [1.807, 2.05) is 6.92 Å². The quantitative estimate of drug-likeness (QED) is 0.488. The fraction of sp³-hybridized carbons (Fsp3) is 0.800. The van der Waals surface area contributed by atoms with Gasteiger partial charge in [-0.3, -0.25) is 4.79 Å². The lowest BCUT2D eigenvalue weighted by molar-refractivity contribution is -0.110. The van der Waals surface area contributed by atoms with Crippen LogP contribution in [0.25, 0.3) is 0 Å². The molecule has 0 aromatic heterocycles. The van der Waals surface area contributed by atoms with Crippen LogP contribution < -0.4 is 5.32 Å². The summed E-state index contributed by atoms with van der Waals surface area (Å²) in [6.07, 6.45) is 1.37. The van der Waals surface area contributed by atoms with Gasteiger partial charge in [0.1, 0.15) is 0 Å². The molecule has 0 fully saturated rings. The van der Waals surface area contributed by atoms with E-state index in [1.54, 1.807) is 0 Å². The maximum atomic E-state index is 9.71. The van der Waals surface area contributed by atoms with Gasteiger partial charge < -0.3 is 10.4 Å². The lowest BCUT2D eigenvalue weighted by atomic mass is 10.2. The number of amides is 1. The maximum Gasteiger partial charge on any atom is 0.207 e. The fourth-order valence-electron chi connectivity index (χ4n) is 0.396. The summed E-state index contributed by atoms with van der Waals surface area (Å²) in [6.45, 7) is 1.92. The van der Waals surface area contributed by atoms with Gasteiger partial charge in [0.15, 0.2) is 0 Å². The average molecular weight is 117 g/mol. The van der Waals surface area contributed by atoms with Gasteiger partial charge in [0, 0.05) is 0 Å². The topological polar surface area (TPSA) is 49.3 Å². The molecule has 0 aromatic carbocycles. The molecule has 0 saturated heterocycles. The van der Waals surface area contributed by atoms with Gasteiger partial charge in [0.05, 0.1) is 12.6 Å². The van der Waals surface area contributed by atoms with Gasteiger partial charge in [-0.05, 0) is 6.42 Å².